The van der Waals surface area contributed by atoms with Gasteiger partial charge in [0.25, 0.3) is 0 Å². The first-order valence-electron chi connectivity index (χ1n) is 17.3. The van der Waals surface area contributed by atoms with E-state index in [4.69, 9.17) is 14.7 Å². The molecule has 0 amide bonds. The second kappa shape index (κ2) is 15.3. The normalized spacial score (nSPS) is 21.7. The lowest BCUT2D eigenvalue weighted by Gasteiger charge is -2.43. The van der Waals surface area contributed by atoms with Crippen LogP contribution in [0.25, 0.3) is 0 Å². The van der Waals surface area contributed by atoms with E-state index in [1.165, 1.54) is 22.3 Å². The monoisotopic (exact) mass is 821 g/mol. The molecule has 2 aliphatic heterocycles. The molecule has 0 fully saturated rings. The van der Waals surface area contributed by atoms with E-state index in [1.807, 2.05) is 48.7 Å². The van der Waals surface area contributed by atoms with Gasteiger partial charge in [0, 0.05) is 20.9 Å². The number of hydrogen-bond donors (Lipinski definition) is 0. The third kappa shape index (κ3) is 8.05. The number of nitriles is 1. The van der Waals surface area contributed by atoms with Crippen molar-refractivity contribution in [2.24, 2.45) is 9.65 Å². The zero-order valence-corrected chi connectivity index (χ0v) is 33.4. The van der Waals surface area contributed by atoms with Crippen molar-refractivity contribution in [1.29, 1.82) is 5.26 Å². The first kappa shape index (κ1) is 36.7. The van der Waals surface area contributed by atoms with Gasteiger partial charge >= 0.3 is 0 Å². The predicted molar refractivity (Wildman–Crippen MR) is 214 cm³/mol. The van der Waals surface area contributed by atoms with Crippen molar-refractivity contribution < 1.29 is 14.3 Å². The molecule has 4 aliphatic rings. The molecule has 0 aromatic heterocycles. The minimum atomic E-state index is -1.21. The molecule has 0 N–H and O–H groups in total. The second-order valence-corrected chi connectivity index (χ2v) is 20.8. The number of halogens is 2. The minimum Gasteiger partial charge on any atom is -0.481 e. The maximum Gasteiger partial charge on any atom is 0.205 e. The van der Waals surface area contributed by atoms with Crippen LogP contribution in [-0.2, 0) is 24.0 Å². The summed E-state index contributed by atoms with van der Waals surface area (Å²) in [5, 5.41) is 9.11. The van der Waals surface area contributed by atoms with Crippen LogP contribution in [0.3, 0.4) is 0 Å². The number of fused-ring (bicyclic) bond motifs is 6. The van der Waals surface area contributed by atoms with Crippen LogP contribution < -0.4 is 9.47 Å². The molecule has 0 saturated carbocycles. The Morgan fingerprint density at radius 3 is 1.78 bits per heavy atom. The average Bonchev–Trinajstić information content (AvgIpc) is 3.10. The van der Waals surface area contributed by atoms with Crippen molar-refractivity contribution in [3.63, 3.8) is 0 Å². The first-order valence-corrected chi connectivity index (χ1v) is 22.4. The Balaban J connectivity index is 0.000000149. The Kier molecular flexibility index (Phi) is 11.0. The largest absolute Gasteiger partial charge is 0.481 e. The molecule has 2 unspecified atom stereocenters. The van der Waals surface area contributed by atoms with Gasteiger partial charge < -0.3 is 9.47 Å². The number of aryl methyl sites for hydroxylation is 2. The highest BCUT2D eigenvalue weighted by atomic mass is 79.9. The van der Waals surface area contributed by atoms with Gasteiger partial charge in [-0.05, 0) is 129 Å². The van der Waals surface area contributed by atoms with Crippen LogP contribution in [0.15, 0.2) is 110 Å². The molecule has 9 heteroatoms. The molecule has 0 saturated heterocycles. The van der Waals surface area contributed by atoms with E-state index in [0.717, 1.165) is 64.5 Å². The van der Waals surface area contributed by atoms with Gasteiger partial charge in [-0.1, -0.05) is 80.4 Å². The molecule has 0 bridgehead atoms. The van der Waals surface area contributed by atoms with Crippen molar-refractivity contribution in [3.05, 3.63) is 134 Å². The predicted octanol–water partition coefficient (Wildman–Crippen LogP) is 11.1. The first-order chi connectivity index (χ1) is 24.5. The molecular weight excluding hydrogens is 782 g/mol. The summed E-state index contributed by atoms with van der Waals surface area (Å²) in [6.07, 6.45) is 9.20. The number of Topliss-reactive ketones (excluding diaryl/α,β-unsaturated/α-hetero) is 1. The quantitative estimate of drug-likeness (QED) is 0.109. The molecule has 2 atom stereocenters. The summed E-state index contributed by atoms with van der Waals surface area (Å²) in [6, 6.07) is 28.4. The molecule has 6 nitrogen and oxygen atoms in total. The fourth-order valence-electron chi connectivity index (χ4n) is 7.58. The van der Waals surface area contributed by atoms with E-state index >= 15 is 0 Å². The standard InChI is InChI=1S/C19H15BrN2O.C18H15BrO2.C5H11NSi/c20-14-7-8-18-15(10-14)17(22-12-21)11-19(23-18)9-3-5-13-4-1-2-6-16(13)19;19-13-7-8-17-14(10-13)16(20)11-18(21-17)9-3-5-12-4-1-2-6-15(12)18;1-5-6-7(2,3)4/h1-2,4,6-8,10H,3,5,9,11H2;1-2,4,6-8,10H,3,5,9,11H2;1H2,2-4H3. The van der Waals surface area contributed by atoms with Crippen LogP contribution in [0.5, 0.6) is 11.5 Å². The fraction of sp³-hybridized carbons (Fsp3) is 0.310. The van der Waals surface area contributed by atoms with Gasteiger partial charge in [0.2, 0.25) is 6.19 Å². The minimum absolute atomic E-state index is 0.175. The Hall–Kier alpha value is -4.06. The molecule has 2 spiro atoms. The van der Waals surface area contributed by atoms with Crippen molar-refractivity contribution in [2.75, 3.05) is 0 Å². The molecule has 2 aliphatic carbocycles. The van der Waals surface area contributed by atoms with Crippen molar-refractivity contribution in [1.82, 2.24) is 0 Å². The van der Waals surface area contributed by atoms with Crippen LogP contribution in [-0.4, -0.2) is 25.6 Å². The number of hydrogen-bond acceptors (Lipinski definition) is 6. The fourth-order valence-corrected chi connectivity index (χ4v) is 8.78. The van der Waals surface area contributed by atoms with E-state index in [0.29, 0.717) is 24.2 Å². The topological polar surface area (TPSA) is 84.0 Å². The molecule has 4 aromatic carbocycles. The van der Waals surface area contributed by atoms with Gasteiger partial charge in [-0.3, -0.25) is 9.45 Å². The van der Waals surface area contributed by atoms with Gasteiger partial charge in [-0.2, -0.15) is 10.3 Å². The number of carbonyl (C=O) groups is 1. The third-order valence-corrected chi connectivity index (χ3v) is 11.5. The second-order valence-electron chi connectivity index (χ2n) is 14.4. The summed E-state index contributed by atoms with van der Waals surface area (Å²) >= 11 is 6.91. The number of benzene rings is 4. The van der Waals surface area contributed by atoms with E-state index in [1.54, 1.807) is 0 Å². The summed E-state index contributed by atoms with van der Waals surface area (Å²) in [6.45, 7) is 9.82. The van der Waals surface area contributed by atoms with Gasteiger partial charge in [-0.25, -0.2) is 0 Å². The van der Waals surface area contributed by atoms with Gasteiger partial charge in [0.15, 0.2) is 14.0 Å². The number of rotatable bonds is 1. The zero-order valence-electron chi connectivity index (χ0n) is 29.3. The molecule has 4 aromatic rings. The third-order valence-electron chi connectivity index (χ3n) is 9.67. The summed E-state index contributed by atoms with van der Waals surface area (Å²) in [4.78, 5) is 16.7. The molecule has 2 heterocycles. The Morgan fingerprint density at radius 1 is 0.765 bits per heavy atom. The van der Waals surface area contributed by atoms with Gasteiger partial charge in [0.05, 0.1) is 17.7 Å². The van der Waals surface area contributed by atoms with Crippen LogP contribution in [0.1, 0.15) is 76.7 Å². The highest BCUT2D eigenvalue weighted by Crippen LogP contribution is 2.48. The van der Waals surface area contributed by atoms with E-state index in [9.17, 15) is 4.79 Å². The number of aliphatic imine (C=N–C) groups is 1. The Morgan fingerprint density at radius 2 is 1.27 bits per heavy atom. The summed E-state index contributed by atoms with van der Waals surface area (Å²) in [5.41, 5.74) is 6.65. The molecule has 8 rings (SSSR count). The molecule has 51 heavy (non-hydrogen) atoms. The van der Waals surface area contributed by atoms with Crippen molar-refractivity contribution in [2.45, 2.75) is 82.2 Å². The van der Waals surface area contributed by atoms with Gasteiger partial charge in [0.1, 0.15) is 22.7 Å². The van der Waals surface area contributed by atoms with Gasteiger partial charge in [-0.15, -0.1) is 0 Å². The van der Waals surface area contributed by atoms with E-state index < -0.39 is 19.4 Å². The highest BCUT2D eigenvalue weighted by Gasteiger charge is 2.45. The maximum absolute atomic E-state index is 12.6. The van der Waals surface area contributed by atoms with E-state index in [2.05, 4.69) is 116 Å². The number of carbonyl (C=O) groups excluding carboxylic acids is 1. The van der Waals surface area contributed by atoms with Crippen LogP contribution in [0, 0.1) is 11.5 Å². The van der Waals surface area contributed by atoms with Crippen LogP contribution >= 0.6 is 31.9 Å². The lowest BCUT2D eigenvalue weighted by atomic mass is 9.74. The summed E-state index contributed by atoms with van der Waals surface area (Å²) in [5.74, 6) is 4.24. The summed E-state index contributed by atoms with van der Waals surface area (Å²) < 4.78 is 18.8. The van der Waals surface area contributed by atoms with Crippen molar-refractivity contribution >= 4 is 57.5 Å². The lowest BCUT2D eigenvalue weighted by Crippen LogP contribution is -2.42. The Bertz CT molecular complexity index is 2100. The Labute approximate surface area is 318 Å². The smallest absolute Gasteiger partial charge is 0.205 e. The lowest BCUT2D eigenvalue weighted by molar-refractivity contribution is 0.0253. The number of ether oxygens (including phenoxy) is 2. The van der Waals surface area contributed by atoms with Crippen LogP contribution in [0.4, 0.5) is 0 Å². The van der Waals surface area contributed by atoms with Crippen LogP contribution in [0.2, 0.25) is 19.6 Å². The highest BCUT2D eigenvalue weighted by molar-refractivity contribution is 9.10. The van der Waals surface area contributed by atoms with E-state index in [-0.39, 0.29) is 5.78 Å². The number of ketones is 1. The maximum atomic E-state index is 12.6. The average molecular weight is 824 g/mol. The summed E-state index contributed by atoms with van der Waals surface area (Å²) in [7, 11) is -1.21. The molecular formula is C42H41Br2N3O3Si. The molecule has 0 radical (unpaired) electrons. The SMILES string of the molecule is C=C=N[Si](C)(C)C.N#CN=C1CC2(CCCc3ccccc32)Oc2ccc(Br)cc21.O=C1CC2(CCCc3ccccc32)Oc2ccc(Br)cc21. The van der Waals surface area contributed by atoms with Crippen molar-refractivity contribution in [3.8, 4) is 17.7 Å². The number of nitrogens with zero attached hydrogens (tertiary/aromatic N) is 3. The zero-order chi connectivity index (χ0) is 36.2. The molecule has 260 valence electrons.